The summed E-state index contributed by atoms with van der Waals surface area (Å²) in [4.78, 5) is 26.3. The monoisotopic (exact) mass is 278 g/mol. The minimum atomic E-state index is -0.251. The molecule has 0 aromatic heterocycles. The maximum atomic E-state index is 12.5. The van der Waals surface area contributed by atoms with Crippen LogP contribution in [0, 0.1) is 11.8 Å². The van der Waals surface area contributed by atoms with Crippen molar-refractivity contribution in [3.63, 3.8) is 0 Å². The Hall–Kier alpha value is -0.900. The van der Waals surface area contributed by atoms with E-state index in [0.717, 1.165) is 38.1 Å². The highest BCUT2D eigenvalue weighted by Crippen LogP contribution is 2.37. The molecule has 3 atom stereocenters. The maximum Gasteiger partial charge on any atom is 0.247 e. The van der Waals surface area contributed by atoms with Crippen molar-refractivity contribution in [3.8, 4) is 0 Å². The van der Waals surface area contributed by atoms with Crippen molar-refractivity contribution in [3.05, 3.63) is 0 Å². The predicted molar refractivity (Wildman–Crippen MR) is 77.0 cm³/mol. The normalized spacial score (nSPS) is 35.5. The molecule has 3 rings (SSSR count). The first kappa shape index (κ1) is 14.1. The van der Waals surface area contributed by atoms with E-state index in [1.54, 1.807) is 4.90 Å². The number of nitrogens with one attached hydrogen (secondary N) is 1. The first-order chi connectivity index (χ1) is 9.66. The van der Waals surface area contributed by atoms with E-state index in [1.165, 1.54) is 19.3 Å². The lowest BCUT2D eigenvalue weighted by Gasteiger charge is -2.25. The molecule has 3 fully saturated rings. The topological polar surface area (TPSA) is 49.4 Å². The zero-order valence-corrected chi connectivity index (χ0v) is 12.4. The Morgan fingerprint density at radius 3 is 2.40 bits per heavy atom. The predicted octanol–water partition coefficient (Wildman–Crippen LogP) is 2.08. The summed E-state index contributed by atoms with van der Waals surface area (Å²) in [7, 11) is 0. The van der Waals surface area contributed by atoms with Gasteiger partial charge in [0.2, 0.25) is 11.8 Å². The summed E-state index contributed by atoms with van der Waals surface area (Å²) in [6.07, 6.45) is 8.43. The van der Waals surface area contributed by atoms with Crippen LogP contribution in [0.25, 0.3) is 0 Å². The van der Waals surface area contributed by atoms with Crippen molar-refractivity contribution in [2.24, 2.45) is 11.8 Å². The third-order valence-corrected chi connectivity index (χ3v) is 5.28. The molecule has 1 aliphatic heterocycles. The second kappa shape index (κ2) is 5.84. The number of hydrogen-bond acceptors (Lipinski definition) is 3. The van der Waals surface area contributed by atoms with Crippen LogP contribution in [0.4, 0.5) is 0 Å². The average molecular weight is 278 g/mol. The summed E-state index contributed by atoms with van der Waals surface area (Å²) in [5.41, 5.74) is 0. The molecule has 0 bridgehead atoms. The number of amides is 2. The largest absolute Gasteiger partial charge is 0.305 e. The van der Waals surface area contributed by atoms with Crippen LogP contribution in [0.3, 0.4) is 0 Å². The lowest BCUT2D eigenvalue weighted by atomic mass is 10.1. The van der Waals surface area contributed by atoms with Gasteiger partial charge in [0.15, 0.2) is 0 Å². The van der Waals surface area contributed by atoms with Gasteiger partial charge in [0.25, 0.3) is 0 Å². The van der Waals surface area contributed by atoms with Crippen LogP contribution in [0.2, 0.25) is 0 Å². The third kappa shape index (κ3) is 2.90. The van der Waals surface area contributed by atoms with Gasteiger partial charge in [-0.05, 0) is 37.6 Å². The fraction of sp³-hybridized carbons (Fsp3) is 0.875. The lowest BCUT2D eigenvalue weighted by Crippen LogP contribution is -2.44. The minimum absolute atomic E-state index is 0.0372. The van der Waals surface area contributed by atoms with Crippen LogP contribution >= 0.6 is 0 Å². The lowest BCUT2D eigenvalue weighted by molar-refractivity contribution is -0.141. The molecule has 4 nitrogen and oxygen atoms in total. The number of rotatable bonds is 4. The molecule has 1 N–H and O–H groups in total. The molecule has 0 aromatic carbocycles. The zero-order chi connectivity index (χ0) is 14.1. The number of nitrogens with zero attached hydrogens (tertiary/aromatic N) is 1. The van der Waals surface area contributed by atoms with Gasteiger partial charge >= 0.3 is 0 Å². The molecule has 2 aliphatic carbocycles. The molecule has 4 heteroatoms. The number of carbonyl (C=O) groups is 2. The quantitative estimate of drug-likeness (QED) is 0.633. The minimum Gasteiger partial charge on any atom is -0.305 e. The van der Waals surface area contributed by atoms with Gasteiger partial charge in [0.05, 0.1) is 12.5 Å². The van der Waals surface area contributed by atoms with Gasteiger partial charge in [-0.1, -0.05) is 32.6 Å². The first-order valence-electron chi connectivity index (χ1n) is 8.26. The van der Waals surface area contributed by atoms with Gasteiger partial charge < -0.3 is 5.32 Å². The second-order valence-corrected chi connectivity index (χ2v) is 6.89. The average Bonchev–Trinajstić information content (AvgIpc) is 3.12. The molecular formula is C16H26N2O2. The SMILES string of the molecule is CC1CC1CNC1CC(=O)N(C2CCCCCC2)C1=O. The summed E-state index contributed by atoms with van der Waals surface area (Å²) >= 11 is 0. The summed E-state index contributed by atoms with van der Waals surface area (Å²) in [5, 5.41) is 3.33. The maximum absolute atomic E-state index is 12.5. The van der Waals surface area contributed by atoms with Crippen LogP contribution in [0.1, 0.15) is 58.3 Å². The summed E-state index contributed by atoms with van der Waals surface area (Å²) in [6.45, 7) is 3.13. The molecule has 3 unspecified atom stereocenters. The van der Waals surface area contributed by atoms with E-state index in [4.69, 9.17) is 0 Å². The standard InChI is InChI=1S/C16H26N2O2/c1-11-8-12(11)10-17-14-9-15(19)18(16(14)20)13-6-4-2-3-5-7-13/h11-14,17H,2-10H2,1H3. The highest BCUT2D eigenvalue weighted by Gasteiger charge is 2.43. The van der Waals surface area contributed by atoms with E-state index in [0.29, 0.717) is 12.3 Å². The van der Waals surface area contributed by atoms with Crippen molar-refractivity contribution < 1.29 is 9.59 Å². The van der Waals surface area contributed by atoms with Gasteiger partial charge in [-0.15, -0.1) is 0 Å². The molecule has 0 radical (unpaired) electrons. The first-order valence-corrected chi connectivity index (χ1v) is 8.26. The Labute approximate surface area is 121 Å². The molecular weight excluding hydrogens is 252 g/mol. The number of carbonyl (C=O) groups excluding carboxylic acids is 2. The van der Waals surface area contributed by atoms with E-state index in [-0.39, 0.29) is 23.9 Å². The highest BCUT2D eigenvalue weighted by atomic mass is 16.2. The highest BCUT2D eigenvalue weighted by molar-refractivity contribution is 6.05. The Morgan fingerprint density at radius 2 is 1.80 bits per heavy atom. The second-order valence-electron chi connectivity index (χ2n) is 6.89. The molecule has 112 valence electrons. The van der Waals surface area contributed by atoms with E-state index in [1.807, 2.05) is 0 Å². The van der Waals surface area contributed by atoms with Crippen molar-refractivity contribution in [1.29, 1.82) is 0 Å². The van der Waals surface area contributed by atoms with Gasteiger partial charge in [-0.25, -0.2) is 0 Å². The Balaban J connectivity index is 1.57. The van der Waals surface area contributed by atoms with Gasteiger partial charge in [-0.2, -0.15) is 0 Å². The zero-order valence-electron chi connectivity index (χ0n) is 12.4. The van der Waals surface area contributed by atoms with Crippen LogP contribution in [0.5, 0.6) is 0 Å². The van der Waals surface area contributed by atoms with Gasteiger partial charge in [0, 0.05) is 6.04 Å². The van der Waals surface area contributed by atoms with Crippen LogP contribution in [-0.4, -0.2) is 35.3 Å². The van der Waals surface area contributed by atoms with Crippen LogP contribution < -0.4 is 5.32 Å². The molecule has 1 saturated heterocycles. The fourth-order valence-corrected chi connectivity index (χ4v) is 3.69. The van der Waals surface area contributed by atoms with Crippen LogP contribution in [-0.2, 0) is 9.59 Å². The molecule has 1 heterocycles. The Kier molecular flexibility index (Phi) is 4.11. The summed E-state index contributed by atoms with van der Waals surface area (Å²) in [6, 6.07) is -0.0808. The number of imide groups is 1. The van der Waals surface area contributed by atoms with E-state index < -0.39 is 0 Å². The van der Waals surface area contributed by atoms with Gasteiger partial charge in [-0.3, -0.25) is 14.5 Å². The fourth-order valence-electron chi connectivity index (χ4n) is 3.69. The third-order valence-electron chi connectivity index (χ3n) is 5.28. The Bertz CT molecular complexity index is 388. The van der Waals surface area contributed by atoms with Crippen molar-refractivity contribution in [2.75, 3.05) is 6.54 Å². The molecule has 20 heavy (non-hydrogen) atoms. The molecule has 3 aliphatic rings. The molecule has 0 aromatic rings. The Morgan fingerprint density at radius 1 is 1.15 bits per heavy atom. The molecule has 2 amide bonds. The van der Waals surface area contributed by atoms with Crippen LogP contribution in [0.15, 0.2) is 0 Å². The van der Waals surface area contributed by atoms with E-state index in [9.17, 15) is 9.59 Å². The van der Waals surface area contributed by atoms with Crippen molar-refractivity contribution >= 4 is 11.8 Å². The van der Waals surface area contributed by atoms with E-state index >= 15 is 0 Å². The summed E-state index contributed by atoms with van der Waals surface area (Å²) in [5.74, 6) is 1.58. The van der Waals surface area contributed by atoms with E-state index in [2.05, 4.69) is 12.2 Å². The van der Waals surface area contributed by atoms with Crippen molar-refractivity contribution in [1.82, 2.24) is 10.2 Å². The molecule has 0 spiro atoms. The summed E-state index contributed by atoms with van der Waals surface area (Å²) < 4.78 is 0. The number of hydrogen-bond donors (Lipinski definition) is 1. The molecule has 2 saturated carbocycles. The van der Waals surface area contributed by atoms with Gasteiger partial charge in [0.1, 0.15) is 0 Å². The van der Waals surface area contributed by atoms with Crippen molar-refractivity contribution in [2.45, 2.75) is 70.4 Å². The number of likely N-dealkylation sites (tertiary alicyclic amines) is 1. The smallest absolute Gasteiger partial charge is 0.247 e.